The lowest BCUT2D eigenvalue weighted by molar-refractivity contribution is 0.0995. The van der Waals surface area contributed by atoms with Crippen LogP contribution in [0.4, 0.5) is 5.13 Å². The number of aromatic nitrogens is 1. The van der Waals surface area contributed by atoms with Gasteiger partial charge < -0.3 is 4.42 Å². The number of nitrogens with one attached hydrogen (secondary N) is 1. The highest BCUT2D eigenvalue weighted by Crippen LogP contribution is 2.24. The predicted molar refractivity (Wildman–Crippen MR) is 89.5 cm³/mol. The molecule has 6 heteroatoms. The number of anilines is 1. The van der Waals surface area contributed by atoms with E-state index in [1.807, 2.05) is 48.7 Å². The van der Waals surface area contributed by atoms with Gasteiger partial charge in [-0.15, -0.1) is 23.1 Å². The first-order chi connectivity index (χ1) is 10.7. The maximum absolute atomic E-state index is 12.1. The Kier molecular flexibility index (Phi) is 4.60. The summed E-state index contributed by atoms with van der Waals surface area (Å²) < 4.78 is 5.59. The average molecular weight is 330 g/mol. The fourth-order valence-electron chi connectivity index (χ4n) is 1.82. The third kappa shape index (κ3) is 3.78. The molecule has 1 amide bonds. The van der Waals surface area contributed by atoms with E-state index in [4.69, 9.17) is 4.42 Å². The first kappa shape index (κ1) is 14.9. The summed E-state index contributed by atoms with van der Waals surface area (Å²) in [6.45, 7) is 1.89. The van der Waals surface area contributed by atoms with Crippen LogP contribution in [0.2, 0.25) is 0 Å². The number of thiazole rings is 1. The van der Waals surface area contributed by atoms with Crippen LogP contribution in [-0.4, -0.2) is 10.9 Å². The van der Waals surface area contributed by atoms with Crippen LogP contribution in [-0.2, 0) is 5.75 Å². The molecule has 0 unspecified atom stereocenters. The van der Waals surface area contributed by atoms with E-state index in [0.717, 1.165) is 11.5 Å². The Bertz CT molecular complexity index is 765. The van der Waals surface area contributed by atoms with E-state index in [2.05, 4.69) is 10.3 Å². The van der Waals surface area contributed by atoms with Gasteiger partial charge in [-0.25, -0.2) is 4.98 Å². The number of carbonyl (C=O) groups excluding carboxylic acids is 1. The molecule has 0 aliphatic rings. The van der Waals surface area contributed by atoms with Crippen molar-refractivity contribution in [2.75, 3.05) is 5.32 Å². The lowest BCUT2D eigenvalue weighted by Crippen LogP contribution is -2.10. The molecule has 2 aromatic heterocycles. The molecule has 0 bridgehead atoms. The zero-order chi connectivity index (χ0) is 15.4. The number of amides is 1. The highest BCUT2D eigenvalue weighted by atomic mass is 32.2. The molecule has 0 saturated heterocycles. The van der Waals surface area contributed by atoms with Crippen molar-refractivity contribution in [1.82, 2.24) is 4.98 Å². The zero-order valence-electron chi connectivity index (χ0n) is 11.9. The summed E-state index contributed by atoms with van der Waals surface area (Å²) in [5, 5.41) is 5.21. The number of rotatable bonds is 5. The average Bonchev–Trinajstić information content (AvgIpc) is 3.15. The molecular weight excluding hydrogens is 316 g/mol. The van der Waals surface area contributed by atoms with Gasteiger partial charge in [0, 0.05) is 10.3 Å². The minimum Gasteiger partial charge on any atom is -0.455 e. The van der Waals surface area contributed by atoms with Crippen LogP contribution < -0.4 is 5.32 Å². The van der Waals surface area contributed by atoms with E-state index in [1.165, 1.54) is 16.2 Å². The normalized spacial score (nSPS) is 10.6. The summed E-state index contributed by atoms with van der Waals surface area (Å²) in [6, 6.07) is 13.6. The van der Waals surface area contributed by atoms with Gasteiger partial charge >= 0.3 is 0 Å². The van der Waals surface area contributed by atoms with Crippen LogP contribution in [0.25, 0.3) is 0 Å². The molecule has 0 atom stereocenters. The molecule has 2 heterocycles. The molecule has 1 aromatic carbocycles. The quantitative estimate of drug-likeness (QED) is 0.695. The molecule has 3 rings (SSSR count). The standard InChI is InChI=1S/C16H14N2O2S2/c1-11-9-22-16(17-11)18-15(19)14-8-7-12(20-14)10-21-13-5-3-2-4-6-13/h2-9H,10H2,1H3,(H,17,18,19). The summed E-state index contributed by atoms with van der Waals surface area (Å²) >= 11 is 3.07. The van der Waals surface area contributed by atoms with Crippen LogP contribution in [0.5, 0.6) is 0 Å². The Morgan fingerprint density at radius 2 is 2.09 bits per heavy atom. The van der Waals surface area contributed by atoms with Gasteiger partial charge in [0.2, 0.25) is 0 Å². The third-order valence-corrected chi connectivity index (χ3v) is 4.76. The van der Waals surface area contributed by atoms with Gasteiger partial charge in [-0.1, -0.05) is 18.2 Å². The number of thioether (sulfide) groups is 1. The molecule has 112 valence electrons. The number of furan rings is 1. The third-order valence-electron chi connectivity index (χ3n) is 2.85. The lowest BCUT2D eigenvalue weighted by atomic mass is 10.4. The number of carbonyl (C=O) groups is 1. The minimum absolute atomic E-state index is 0.273. The second-order valence-electron chi connectivity index (χ2n) is 4.62. The van der Waals surface area contributed by atoms with Crippen molar-refractivity contribution >= 4 is 34.1 Å². The number of aryl methyl sites for hydroxylation is 1. The maximum Gasteiger partial charge on any atom is 0.293 e. The van der Waals surface area contributed by atoms with Crippen LogP contribution in [0.15, 0.2) is 57.2 Å². The molecule has 22 heavy (non-hydrogen) atoms. The van der Waals surface area contributed by atoms with Gasteiger partial charge in [-0.3, -0.25) is 10.1 Å². The number of hydrogen-bond acceptors (Lipinski definition) is 5. The van der Waals surface area contributed by atoms with Crippen molar-refractivity contribution in [2.24, 2.45) is 0 Å². The van der Waals surface area contributed by atoms with Gasteiger partial charge in [0.1, 0.15) is 5.76 Å². The molecular formula is C16H14N2O2S2. The molecule has 0 radical (unpaired) electrons. The Morgan fingerprint density at radius 1 is 1.27 bits per heavy atom. The fourth-order valence-corrected chi connectivity index (χ4v) is 3.32. The van der Waals surface area contributed by atoms with Crippen molar-refractivity contribution in [3.8, 4) is 0 Å². The van der Waals surface area contributed by atoms with Gasteiger partial charge in [0.05, 0.1) is 11.4 Å². The smallest absolute Gasteiger partial charge is 0.293 e. The van der Waals surface area contributed by atoms with E-state index in [-0.39, 0.29) is 5.91 Å². The van der Waals surface area contributed by atoms with E-state index in [9.17, 15) is 4.79 Å². The van der Waals surface area contributed by atoms with Crippen LogP contribution in [0.3, 0.4) is 0 Å². The number of benzene rings is 1. The van der Waals surface area contributed by atoms with Crippen molar-refractivity contribution in [1.29, 1.82) is 0 Å². The van der Waals surface area contributed by atoms with Gasteiger partial charge in [0.25, 0.3) is 5.91 Å². The summed E-state index contributed by atoms with van der Waals surface area (Å²) in [7, 11) is 0. The molecule has 0 spiro atoms. The first-order valence-electron chi connectivity index (χ1n) is 6.71. The first-order valence-corrected chi connectivity index (χ1v) is 8.57. The molecule has 4 nitrogen and oxygen atoms in total. The summed E-state index contributed by atoms with van der Waals surface area (Å²) in [5.41, 5.74) is 0.889. The van der Waals surface area contributed by atoms with E-state index in [0.29, 0.717) is 16.6 Å². The second-order valence-corrected chi connectivity index (χ2v) is 6.52. The number of hydrogen-bond donors (Lipinski definition) is 1. The monoisotopic (exact) mass is 330 g/mol. The predicted octanol–water partition coefficient (Wildman–Crippen LogP) is 4.59. The Labute approximate surface area is 136 Å². The Balaban J connectivity index is 1.59. The molecule has 0 aliphatic carbocycles. The van der Waals surface area contributed by atoms with Crippen molar-refractivity contribution in [2.45, 2.75) is 17.6 Å². The Hall–Kier alpha value is -2.05. The topological polar surface area (TPSA) is 55.1 Å². The molecule has 0 aliphatic heterocycles. The highest BCUT2D eigenvalue weighted by Gasteiger charge is 2.13. The summed E-state index contributed by atoms with van der Waals surface area (Å²) in [6.07, 6.45) is 0. The molecule has 0 fully saturated rings. The maximum atomic E-state index is 12.1. The van der Waals surface area contributed by atoms with Crippen molar-refractivity contribution in [3.63, 3.8) is 0 Å². The van der Waals surface area contributed by atoms with E-state index >= 15 is 0 Å². The van der Waals surface area contributed by atoms with Gasteiger partial charge in [0.15, 0.2) is 10.9 Å². The van der Waals surface area contributed by atoms with E-state index < -0.39 is 0 Å². The SMILES string of the molecule is Cc1csc(NC(=O)c2ccc(CSc3ccccc3)o2)n1. The highest BCUT2D eigenvalue weighted by molar-refractivity contribution is 7.98. The fraction of sp³-hybridized carbons (Fsp3) is 0.125. The summed E-state index contributed by atoms with van der Waals surface area (Å²) in [4.78, 5) is 17.4. The Morgan fingerprint density at radius 3 is 2.82 bits per heavy atom. The van der Waals surface area contributed by atoms with Crippen LogP contribution in [0.1, 0.15) is 22.0 Å². The van der Waals surface area contributed by atoms with Crippen LogP contribution >= 0.6 is 23.1 Å². The largest absolute Gasteiger partial charge is 0.455 e. The second kappa shape index (κ2) is 6.81. The van der Waals surface area contributed by atoms with Crippen LogP contribution in [0, 0.1) is 6.92 Å². The molecule has 1 N–H and O–H groups in total. The van der Waals surface area contributed by atoms with E-state index in [1.54, 1.807) is 17.8 Å². The van der Waals surface area contributed by atoms with Crippen molar-refractivity contribution < 1.29 is 9.21 Å². The molecule has 3 aromatic rings. The number of nitrogens with zero attached hydrogens (tertiary/aromatic N) is 1. The minimum atomic E-state index is -0.273. The van der Waals surface area contributed by atoms with Crippen molar-refractivity contribution in [3.05, 3.63) is 65.1 Å². The van der Waals surface area contributed by atoms with Gasteiger partial charge in [-0.2, -0.15) is 0 Å². The molecule has 0 saturated carbocycles. The summed E-state index contributed by atoms with van der Waals surface area (Å²) in [5.74, 6) is 1.49. The zero-order valence-corrected chi connectivity index (χ0v) is 13.5. The lowest BCUT2D eigenvalue weighted by Gasteiger charge is -1.99. The van der Waals surface area contributed by atoms with Gasteiger partial charge in [-0.05, 0) is 31.2 Å².